The van der Waals surface area contributed by atoms with Gasteiger partial charge in [-0.1, -0.05) is 18.2 Å². The number of ether oxygens (including phenoxy) is 2. The number of aromatic nitrogens is 2. The standard InChI is InChI=1S/C15H20N4O2/c1-4-21-15-13(16)14(18-10(2)19-15)17-9-11-7-5-6-8-12(11)20-3/h5-8H,4,9,16H2,1-3H3,(H,17,18,19). The van der Waals surface area contributed by atoms with E-state index < -0.39 is 0 Å². The van der Waals surface area contributed by atoms with E-state index in [1.54, 1.807) is 14.0 Å². The monoisotopic (exact) mass is 288 g/mol. The maximum absolute atomic E-state index is 6.03. The predicted molar refractivity (Wildman–Crippen MR) is 82.7 cm³/mol. The van der Waals surface area contributed by atoms with Gasteiger partial charge < -0.3 is 20.5 Å². The van der Waals surface area contributed by atoms with Gasteiger partial charge >= 0.3 is 0 Å². The molecule has 0 amide bonds. The molecule has 0 saturated heterocycles. The molecule has 0 radical (unpaired) electrons. The summed E-state index contributed by atoms with van der Waals surface area (Å²) < 4.78 is 10.7. The van der Waals surface area contributed by atoms with Gasteiger partial charge in [-0.3, -0.25) is 0 Å². The smallest absolute Gasteiger partial charge is 0.242 e. The van der Waals surface area contributed by atoms with E-state index in [1.807, 2.05) is 31.2 Å². The van der Waals surface area contributed by atoms with Crippen molar-refractivity contribution in [3.05, 3.63) is 35.7 Å². The zero-order valence-electron chi connectivity index (χ0n) is 12.5. The lowest BCUT2D eigenvalue weighted by molar-refractivity contribution is 0.327. The van der Waals surface area contributed by atoms with Crippen LogP contribution < -0.4 is 20.5 Å². The Kier molecular flexibility index (Phi) is 4.81. The van der Waals surface area contributed by atoms with Crippen LogP contribution in [0.15, 0.2) is 24.3 Å². The van der Waals surface area contributed by atoms with Crippen LogP contribution in [0.2, 0.25) is 0 Å². The quantitative estimate of drug-likeness (QED) is 0.849. The topological polar surface area (TPSA) is 82.3 Å². The van der Waals surface area contributed by atoms with Gasteiger partial charge in [-0.05, 0) is 19.9 Å². The Morgan fingerprint density at radius 2 is 2.00 bits per heavy atom. The van der Waals surface area contributed by atoms with Crippen LogP contribution in [-0.2, 0) is 6.54 Å². The summed E-state index contributed by atoms with van der Waals surface area (Å²) in [5.74, 6) is 2.40. The van der Waals surface area contributed by atoms with E-state index in [4.69, 9.17) is 15.2 Å². The molecular weight excluding hydrogens is 268 g/mol. The minimum absolute atomic E-state index is 0.410. The molecule has 21 heavy (non-hydrogen) atoms. The van der Waals surface area contributed by atoms with E-state index in [-0.39, 0.29) is 0 Å². The lowest BCUT2D eigenvalue weighted by Gasteiger charge is -2.13. The number of hydrogen-bond acceptors (Lipinski definition) is 6. The molecule has 0 spiro atoms. The minimum Gasteiger partial charge on any atom is -0.496 e. The number of nitrogens with zero attached hydrogens (tertiary/aromatic N) is 2. The van der Waals surface area contributed by atoms with Crippen molar-refractivity contribution in [2.24, 2.45) is 0 Å². The molecule has 0 saturated carbocycles. The molecular formula is C15H20N4O2. The molecule has 2 aromatic rings. The molecule has 0 aliphatic rings. The Bertz CT molecular complexity index is 617. The summed E-state index contributed by atoms with van der Waals surface area (Å²) in [5, 5.41) is 3.21. The molecule has 3 N–H and O–H groups in total. The third kappa shape index (κ3) is 3.53. The van der Waals surface area contributed by atoms with Crippen molar-refractivity contribution in [2.45, 2.75) is 20.4 Å². The zero-order valence-corrected chi connectivity index (χ0v) is 12.5. The first-order chi connectivity index (χ1) is 10.2. The predicted octanol–water partition coefficient (Wildman–Crippen LogP) is 2.39. The fourth-order valence-corrected chi connectivity index (χ4v) is 1.96. The van der Waals surface area contributed by atoms with Crippen LogP contribution in [0.1, 0.15) is 18.3 Å². The Hall–Kier alpha value is -2.50. The first-order valence-electron chi connectivity index (χ1n) is 6.78. The van der Waals surface area contributed by atoms with Crippen molar-refractivity contribution in [3.8, 4) is 11.6 Å². The van der Waals surface area contributed by atoms with Crippen molar-refractivity contribution < 1.29 is 9.47 Å². The Labute approximate surface area is 124 Å². The Balaban J connectivity index is 2.20. The van der Waals surface area contributed by atoms with Gasteiger partial charge in [0.05, 0.1) is 13.7 Å². The Morgan fingerprint density at radius 3 is 2.71 bits per heavy atom. The van der Waals surface area contributed by atoms with Crippen molar-refractivity contribution >= 4 is 11.5 Å². The third-order valence-corrected chi connectivity index (χ3v) is 2.94. The highest BCUT2D eigenvalue weighted by molar-refractivity contribution is 5.67. The van der Waals surface area contributed by atoms with Crippen molar-refractivity contribution in [1.82, 2.24) is 9.97 Å². The average Bonchev–Trinajstić information content (AvgIpc) is 2.49. The molecule has 112 valence electrons. The van der Waals surface area contributed by atoms with E-state index in [1.165, 1.54) is 0 Å². The fraction of sp³-hybridized carbons (Fsp3) is 0.333. The maximum atomic E-state index is 6.03. The lowest BCUT2D eigenvalue weighted by Crippen LogP contribution is -2.10. The molecule has 2 rings (SSSR count). The van der Waals surface area contributed by atoms with Crippen molar-refractivity contribution in [3.63, 3.8) is 0 Å². The van der Waals surface area contributed by atoms with Gasteiger partial charge in [0.2, 0.25) is 5.88 Å². The van der Waals surface area contributed by atoms with Crippen LogP contribution in [0.25, 0.3) is 0 Å². The number of anilines is 2. The van der Waals surface area contributed by atoms with E-state index in [2.05, 4.69) is 15.3 Å². The van der Waals surface area contributed by atoms with E-state index in [9.17, 15) is 0 Å². The third-order valence-electron chi connectivity index (χ3n) is 2.94. The van der Waals surface area contributed by atoms with Gasteiger partial charge in [0.1, 0.15) is 17.3 Å². The van der Waals surface area contributed by atoms with Crippen LogP contribution in [0.4, 0.5) is 11.5 Å². The first-order valence-corrected chi connectivity index (χ1v) is 6.78. The number of aryl methyl sites for hydroxylation is 1. The number of methoxy groups -OCH3 is 1. The number of rotatable bonds is 6. The fourth-order valence-electron chi connectivity index (χ4n) is 1.96. The van der Waals surface area contributed by atoms with Gasteiger partial charge in [-0.25, -0.2) is 4.98 Å². The summed E-state index contributed by atoms with van der Waals surface area (Å²) >= 11 is 0. The number of hydrogen-bond donors (Lipinski definition) is 2. The first kappa shape index (κ1) is 14.9. The van der Waals surface area contributed by atoms with Crippen LogP contribution in [0, 0.1) is 6.92 Å². The molecule has 6 heteroatoms. The number of nitrogen functional groups attached to an aromatic ring is 1. The minimum atomic E-state index is 0.410. The largest absolute Gasteiger partial charge is 0.496 e. The van der Waals surface area contributed by atoms with Crippen molar-refractivity contribution in [2.75, 3.05) is 24.8 Å². The highest BCUT2D eigenvalue weighted by atomic mass is 16.5. The summed E-state index contributed by atoms with van der Waals surface area (Å²) in [6.07, 6.45) is 0. The van der Waals surface area contributed by atoms with Gasteiger partial charge in [0, 0.05) is 12.1 Å². The van der Waals surface area contributed by atoms with Gasteiger partial charge in [0.25, 0.3) is 0 Å². The highest BCUT2D eigenvalue weighted by Gasteiger charge is 2.11. The molecule has 0 unspecified atom stereocenters. The maximum Gasteiger partial charge on any atom is 0.242 e. The van der Waals surface area contributed by atoms with E-state index in [0.29, 0.717) is 36.4 Å². The second-order valence-corrected chi connectivity index (χ2v) is 4.44. The second kappa shape index (κ2) is 6.78. The molecule has 0 aliphatic carbocycles. The molecule has 1 aromatic heterocycles. The molecule has 0 atom stereocenters. The molecule has 1 aromatic carbocycles. The van der Waals surface area contributed by atoms with Gasteiger partial charge in [-0.15, -0.1) is 0 Å². The normalized spacial score (nSPS) is 10.2. The number of para-hydroxylation sites is 1. The van der Waals surface area contributed by atoms with Crippen LogP contribution in [0.5, 0.6) is 11.6 Å². The highest BCUT2D eigenvalue weighted by Crippen LogP contribution is 2.27. The van der Waals surface area contributed by atoms with E-state index >= 15 is 0 Å². The van der Waals surface area contributed by atoms with Crippen LogP contribution in [-0.4, -0.2) is 23.7 Å². The van der Waals surface area contributed by atoms with Gasteiger partial charge in [-0.2, -0.15) is 4.98 Å². The molecule has 6 nitrogen and oxygen atoms in total. The zero-order chi connectivity index (χ0) is 15.2. The van der Waals surface area contributed by atoms with E-state index in [0.717, 1.165) is 11.3 Å². The summed E-state index contributed by atoms with van der Waals surface area (Å²) in [6.45, 7) is 4.75. The number of benzene rings is 1. The Morgan fingerprint density at radius 1 is 1.24 bits per heavy atom. The molecule has 1 heterocycles. The molecule has 0 aliphatic heterocycles. The number of nitrogens with two attached hydrogens (primary N) is 1. The second-order valence-electron chi connectivity index (χ2n) is 4.44. The molecule has 0 bridgehead atoms. The summed E-state index contributed by atoms with van der Waals surface area (Å²) in [7, 11) is 1.65. The summed E-state index contributed by atoms with van der Waals surface area (Å²) in [4.78, 5) is 8.51. The summed E-state index contributed by atoms with van der Waals surface area (Å²) in [5.41, 5.74) is 7.47. The summed E-state index contributed by atoms with van der Waals surface area (Å²) in [6, 6.07) is 7.79. The van der Waals surface area contributed by atoms with Gasteiger partial charge in [0.15, 0.2) is 5.82 Å². The van der Waals surface area contributed by atoms with Crippen LogP contribution >= 0.6 is 0 Å². The van der Waals surface area contributed by atoms with Crippen molar-refractivity contribution in [1.29, 1.82) is 0 Å². The lowest BCUT2D eigenvalue weighted by atomic mass is 10.2. The number of nitrogens with one attached hydrogen (secondary N) is 1. The average molecular weight is 288 g/mol. The SMILES string of the molecule is CCOc1nc(C)nc(NCc2ccccc2OC)c1N. The molecule has 0 fully saturated rings. The van der Waals surface area contributed by atoms with Crippen LogP contribution in [0.3, 0.4) is 0 Å².